The van der Waals surface area contributed by atoms with E-state index in [1.165, 1.54) is 5.56 Å². The Labute approximate surface area is 123 Å². The van der Waals surface area contributed by atoms with E-state index in [9.17, 15) is 4.79 Å². The summed E-state index contributed by atoms with van der Waals surface area (Å²) in [6, 6.07) is 15.4. The molecule has 0 aliphatic carbocycles. The molecule has 1 heterocycles. The molecule has 1 amide bonds. The largest absolute Gasteiger partial charge is 0.485 e. The lowest BCUT2D eigenvalue weighted by Gasteiger charge is -2.25. The second-order valence-corrected chi connectivity index (χ2v) is 5.07. The zero-order valence-electron chi connectivity index (χ0n) is 11.8. The summed E-state index contributed by atoms with van der Waals surface area (Å²) in [4.78, 5) is 12.1. The first-order valence-electron chi connectivity index (χ1n) is 6.94. The minimum atomic E-state index is -0.606. The monoisotopic (exact) mass is 283 g/mol. The van der Waals surface area contributed by atoms with Crippen molar-refractivity contribution in [2.45, 2.75) is 19.6 Å². The van der Waals surface area contributed by atoms with Gasteiger partial charge in [-0.25, -0.2) is 0 Å². The van der Waals surface area contributed by atoms with Crippen molar-refractivity contribution in [2.24, 2.45) is 0 Å². The van der Waals surface area contributed by atoms with Crippen molar-refractivity contribution in [1.29, 1.82) is 0 Å². The fraction of sp³-hybridized carbons (Fsp3) is 0.235. The number of hydrogen-bond donors (Lipinski definition) is 1. The number of ether oxygens (including phenoxy) is 2. The van der Waals surface area contributed by atoms with Gasteiger partial charge in [0.1, 0.15) is 6.61 Å². The normalized spacial score (nSPS) is 16.3. The molecule has 1 aliphatic heterocycles. The molecule has 0 saturated heterocycles. The fourth-order valence-corrected chi connectivity index (χ4v) is 2.16. The van der Waals surface area contributed by atoms with Crippen LogP contribution < -0.4 is 14.8 Å². The number of nitrogens with one attached hydrogen (secondary N) is 1. The first-order chi connectivity index (χ1) is 10.2. The van der Waals surface area contributed by atoms with Crippen molar-refractivity contribution in [3.8, 4) is 11.5 Å². The molecule has 4 heteroatoms. The fourth-order valence-electron chi connectivity index (χ4n) is 2.16. The first-order valence-corrected chi connectivity index (χ1v) is 6.94. The Morgan fingerprint density at radius 1 is 1.14 bits per heavy atom. The standard InChI is InChI=1S/C17H17NO3/c1-12-6-8-13(9-7-12)10-18-17(19)16-11-20-14-4-2-3-5-15(14)21-16/h2-9,16H,10-11H2,1H3,(H,18,19)/t16-/m1/s1. The molecule has 108 valence electrons. The molecule has 0 spiro atoms. The summed E-state index contributed by atoms with van der Waals surface area (Å²) in [6.45, 7) is 2.75. The molecule has 2 aromatic carbocycles. The van der Waals surface area contributed by atoms with Gasteiger partial charge in [-0.15, -0.1) is 0 Å². The molecule has 3 rings (SSSR count). The highest BCUT2D eigenvalue weighted by Crippen LogP contribution is 2.30. The zero-order chi connectivity index (χ0) is 14.7. The molecule has 1 aliphatic rings. The van der Waals surface area contributed by atoms with Crippen molar-refractivity contribution in [2.75, 3.05) is 6.61 Å². The van der Waals surface area contributed by atoms with Crippen LogP contribution in [0.5, 0.6) is 11.5 Å². The van der Waals surface area contributed by atoms with E-state index in [0.29, 0.717) is 18.0 Å². The lowest BCUT2D eigenvalue weighted by atomic mass is 10.1. The Bertz CT molecular complexity index is 637. The average Bonchev–Trinajstić information content (AvgIpc) is 2.53. The van der Waals surface area contributed by atoms with Crippen LogP contribution in [0.15, 0.2) is 48.5 Å². The summed E-state index contributed by atoms with van der Waals surface area (Å²) in [6.07, 6.45) is -0.606. The van der Waals surface area contributed by atoms with Crippen molar-refractivity contribution in [1.82, 2.24) is 5.32 Å². The molecule has 2 aromatic rings. The Hall–Kier alpha value is -2.49. The van der Waals surface area contributed by atoms with Crippen molar-refractivity contribution < 1.29 is 14.3 Å². The third kappa shape index (κ3) is 3.16. The van der Waals surface area contributed by atoms with E-state index >= 15 is 0 Å². The molecule has 0 fully saturated rings. The highest BCUT2D eigenvalue weighted by Gasteiger charge is 2.26. The van der Waals surface area contributed by atoms with E-state index in [4.69, 9.17) is 9.47 Å². The van der Waals surface area contributed by atoms with Gasteiger partial charge in [-0.3, -0.25) is 4.79 Å². The van der Waals surface area contributed by atoms with Crippen molar-refractivity contribution >= 4 is 5.91 Å². The number of amides is 1. The molecule has 0 bridgehead atoms. The van der Waals surface area contributed by atoms with Gasteiger partial charge in [0.2, 0.25) is 6.10 Å². The van der Waals surface area contributed by atoms with E-state index < -0.39 is 6.10 Å². The number of hydrogen-bond acceptors (Lipinski definition) is 3. The van der Waals surface area contributed by atoms with Crippen LogP contribution in [0.25, 0.3) is 0 Å². The number of aryl methyl sites for hydroxylation is 1. The summed E-state index contributed by atoms with van der Waals surface area (Å²) < 4.78 is 11.2. The third-order valence-electron chi connectivity index (χ3n) is 3.39. The number of carbonyl (C=O) groups is 1. The van der Waals surface area contributed by atoms with Crippen LogP contribution >= 0.6 is 0 Å². The molecule has 0 radical (unpaired) electrons. The number of benzene rings is 2. The number of rotatable bonds is 3. The van der Waals surface area contributed by atoms with Crippen LogP contribution in [0.1, 0.15) is 11.1 Å². The summed E-state index contributed by atoms with van der Waals surface area (Å²) in [5, 5.41) is 2.87. The summed E-state index contributed by atoms with van der Waals surface area (Å²) in [5.41, 5.74) is 2.26. The van der Waals surface area contributed by atoms with E-state index in [-0.39, 0.29) is 12.5 Å². The molecule has 0 unspecified atom stereocenters. The number of fused-ring (bicyclic) bond motifs is 1. The quantitative estimate of drug-likeness (QED) is 0.941. The van der Waals surface area contributed by atoms with Gasteiger partial charge < -0.3 is 14.8 Å². The minimum Gasteiger partial charge on any atom is -0.485 e. The highest BCUT2D eigenvalue weighted by molar-refractivity contribution is 5.81. The second kappa shape index (κ2) is 5.87. The lowest BCUT2D eigenvalue weighted by molar-refractivity contribution is -0.130. The summed E-state index contributed by atoms with van der Waals surface area (Å²) in [7, 11) is 0. The Balaban J connectivity index is 1.58. The smallest absolute Gasteiger partial charge is 0.264 e. The van der Waals surface area contributed by atoms with Crippen molar-refractivity contribution in [3.63, 3.8) is 0 Å². The van der Waals surface area contributed by atoms with Crippen LogP contribution in [0.4, 0.5) is 0 Å². The van der Waals surface area contributed by atoms with Gasteiger partial charge in [0.25, 0.3) is 5.91 Å². The molecule has 4 nitrogen and oxygen atoms in total. The molecular weight excluding hydrogens is 266 g/mol. The van der Waals surface area contributed by atoms with Gasteiger partial charge in [-0.1, -0.05) is 42.0 Å². The highest BCUT2D eigenvalue weighted by atomic mass is 16.6. The predicted octanol–water partition coefficient (Wildman–Crippen LogP) is 2.45. The van der Waals surface area contributed by atoms with Crippen LogP contribution in [0, 0.1) is 6.92 Å². The van der Waals surface area contributed by atoms with Gasteiger partial charge in [-0.2, -0.15) is 0 Å². The van der Waals surface area contributed by atoms with E-state index in [1.807, 2.05) is 49.4 Å². The summed E-state index contributed by atoms with van der Waals surface area (Å²) in [5.74, 6) is 1.13. The zero-order valence-corrected chi connectivity index (χ0v) is 11.8. The van der Waals surface area contributed by atoms with E-state index in [1.54, 1.807) is 6.07 Å². The predicted molar refractivity (Wildman–Crippen MR) is 79.4 cm³/mol. The molecule has 0 saturated carbocycles. The van der Waals surface area contributed by atoms with Crippen molar-refractivity contribution in [3.05, 3.63) is 59.7 Å². The van der Waals surface area contributed by atoms with Gasteiger partial charge in [0.15, 0.2) is 11.5 Å². The Morgan fingerprint density at radius 3 is 2.62 bits per heavy atom. The van der Waals surface area contributed by atoms with Gasteiger partial charge in [0.05, 0.1) is 0 Å². The Kier molecular flexibility index (Phi) is 3.77. The van der Waals surface area contributed by atoms with Gasteiger partial charge in [-0.05, 0) is 24.6 Å². The third-order valence-corrected chi connectivity index (χ3v) is 3.39. The maximum Gasteiger partial charge on any atom is 0.264 e. The number of para-hydroxylation sites is 2. The lowest BCUT2D eigenvalue weighted by Crippen LogP contribution is -2.43. The van der Waals surface area contributed by atoms with Crippen LogP contribution in [0.3, 0.4) is 0 Å². The topological polar surface area (TPSA) is 47.6 Å². The van der Waals surface area contributed by atoms with Crippen LogP contribution in [-0.2, 0) is 11.3 Å². The average molecular weight is 283 g/mol. The molecule has 0 aromatic heterocycles. The Morgan fingerprint density at radius 2 is 1.86 bits per heavy atom. The van der Waals surface area contributed by atoms with E-state index in [0.717, 1.165) is 5.56 Å². The van der Waals surface area contributed by atoms with E-state index in [2.05, 4.69) is 5.32 Å². The molecule has 1 N–H and O–H groups in total. The maximum atomic E-state index is 12.1. The maximum absolute atomic E-state index is 12.1. The molecular formula is C17H17NO3. The SMILES string of the molecule is Cc1ccc(CNC(=O)[C@H]2COc3ccccc3O2)cc1. The molecule has 21 heavy (non-hydrogen) atoms. The van der Waals surface area contributed by atoms with Gasteiger partial charge in [0, 0.05) is 6.54 Å². The molecule has 1 atom stereocenters. The number of carbonyl (C=O) groups excluding carboxylic acids is 1. The second-order valence-electron chi connectivity index (χ2n) is 5.07. The van der Waals surface area contributed by atoms with Crippen LogP contribution in [0.2, 0.25) is 0 Å². The first kappa shape index (κ1) is 13.5. The van der Waals surface area contributed by atoms with Gasteiger partial charge >= 0.3 is 0 Å². The summed E-state index contributed by atoms with van der Waals surface area (Å²) >= 11 is 0. The minimum absolute atomic E-state index is 0.162. The van der Waals surface area contributed by atoms with Crippen LogP contribution in [-0.4, -0.2) is 18.6 Å².